The van der Waals surface area contributed by atoms with E-state index in [0.717, 1.165) is 18.5 Å². The van der Waals surface area contributed by atoms with Crippen LogP contribution in [0.5, 0.6) is 0 Å². The van der Waals surface area contributed by atoms with Gasteiger partial charge in [-0.3, -0.25) is 9.59 Å². The summed E-state index contributed by atoms with van der Waals surface area (Å²) in [5.74, 6) is -1.10. The fourth-order valence-electron chi connectivity index (χ4n) is 2.88. The van der Waals surface area contributed by atoms with E-state index in [1.807, 2.05) is 32.4 Å². The molecule has 1 saturated carbocycles. The summed E-state index contributed by atoms with van der Waals surface area (Å²) in [6.45, 7) is 9.41. The molecule has 0 bridgehead atoms. The van der Waals surface area contributed by atoms with Gasteiger partial charge in [0.1, 0.15) is 6.04 Å². The molecule has 2 aromatic rings. The molecule has 25 heavy (non-hydrogen) atoms. The summed E-state index contributed by atoms with van der Waals surface area (Å²) >= 11 is 0. The van der Waals surface area contributed by atoms with Gasteiger partial charge < -0.3 is 10.4 Å². The Morgan fingerprint density at radius 2 is 2.00 bits per heavy atom. The highest BCUT2D eigenvalue weighted by Crippen LogP contribution is 2.40. The van der Waals surface area contributed by atoms with Crippen molar-refractivity contribution in [2.75, 3.05) is 0 Å². The van der Waals surface area contributed by atoms with E-state index >= 15 is 0 Å². The average molecular weight is 344 g/mol. The molecule has 0 radical (unpaired) electrons. The summed E-state index contributed by atoms with van der Waals surface area (Å²) in [6, 6.07) is 0.837. The van der Waals surface area contributed by atoms with Crippen LogP contribution >= 0.6 is 0 Å². The zero-order valence-corrected chi connectivity index (χ0v) is 15.3. The van der Waals surface area contributed by atoms with Gasteiger partial charge >= 0.3 is 5.97 Å². The van der Waals surface area contributed by atoms with E-state index in [1.165, 1.54) is 6.92 Å². The van der Waals surface area contributed by atoms with Crippen molar-refractivity contribution in [3.63, 3.8) is 0 Å². The van der Waals surface area contributed by atoms with Crippen LogP contribution in [-0.2, 0) is 10.3 Å². The Kier molecular flexibility index (Phi) is 4.05. The molecule has 2 aromatic heterocycles. The van der Waals surface area contributed by atoms with Crippen LogP contribution in [0.25, 0.3) is 11.0 Å². The number of carboxylic acid groups (broad SMARTS) is 1. The number of hydrogen-bond acceptors (Lipinski definition) is 4. The number of fused-ring (bicyclic) bond motifs is 1. The van der Waals surface area contributed by atoms with Gasteiger partial charge in [0, 0.05) is 11.6 Å². The van der Waals surface area contributed by atoms with Crippen LogP contribution in [0.2, 0.25) is 0 Å². The van der Waals surface area contributed by atoms with Crippen LogP contribution in [0.4, 0.5) is 0 Å². The molecular weight excluding hydrogens is 320 g/mol. The van der Waals surface area contributed by atoms with Gasteiger partial charge in [0.2, 0.25) is 0 Å². The number of aliphatic carboxylic acids is 1. The molecule has 2 heterocycles. The Labute approximate surface area is 146 Å². The molecule has 1 aliphatic carbocycles. The van der Waals surface area contributed by atoms with Crippen molar-refractivity contribution >= 4 is 22.9 Å². The number of carbonyl (C=O) groups is 2. The molecule has 0 spiro atoms. The van der Waals surface area contributed by atoms with Crippen LogP contribution < -0.4 is 5.32 Å². The van der Waals surface area contributed by atoms with E-state index in [2.05, 4.69) is 10.4 Å². The van der Waals surface area contributed by atoms with Crippen molar-refractivity contribution in [1.82, 2.24) is 20.1 Å². The van der Waals surface area contributed by atoms with E-state index in [9.17, 15) is 9.59 Å². The number of nitrogens with zero attached hydrogens (tertiary/aromatic N) is 3. The van der Waals surface area contributed by atoms with Crippen molar-refractivity contribution in [1.29, 1.82) is 0 Å². The molecule has 3 rings (SSSR count). The summed E-state index contributed by atoms with van der Waals surface area (Å²) in [4.78, 5) is 28.6. The number of amides is 1. The van der Waals surface area contributed by atoms with E-state index in [4.69, 9.17) is 10.1 Å². The molecule has 1 amide bonds. The first-order chi connectivity index (χ1) is 11.6. The molecule has 0 aliphatic heterocycles. The smallest absolute Gasteiger partial charge is 0.325 e. The quantitative estimate of drug-likeness (QED) is 0.888. The lowest BCUT2D eigenvalue weighted by molar-refractivity contribution is -0.138. The second-order valence-electron chi connectivity index (χ2n) is 7.77. The molecule has 7 nitrogen and oxygen atoms in total. The Bertz CT molecular complexity index is 859. The summed E-state index contributed by atoms with van der Waals surface area (Å²) in [7, 11) is 0. The zero-order chi connectivity index (χ0) is 18.5. The van der Waals surface area contributed by atoms with Gasteiger partial charge in [-0.25, -0.2) is 9.67 Å². The SMILES string of the molecule is Cc1nn(C(C)(C)C)c2nc(C3CC3)cc(C(=O)N[C@H](C)C(=O)O)c12. The van der Waals surface area contributed by atoms with Crippen LogP contribution in [0, 0.1) is 6.92 Å². The molecular formula is C18H24N4O3. The van der Waals surface area contributed by atoms with Crippen LogP contribution in [0.15, 0.2) is 6.07 Å². The van der Waals surface area contributed by atoms with E-state index < -0.39 is 17.9 Å². The first kappa shape index (κ1) is 17.4. The molecule has 1 atom stereocenters. The van der Waals surface area contributed by atoms with E-state index in [-0.39, 0.29) is 5.54 Å². The summed E-state index contributed by atoms with van der Waals surface area (Å²) < 4.78 is 1.85. The number of rotatable bonds is 4. The molecule has 134 valence electrons. The maximum Gasteiger partial charge on any atom is 0.325 e. The summed E-state index contributed by atoms with van der Waals surface area (Å²) in [5, 5.41) is 16.9. The van der Waals surface area contributed by atoms with Gasteiger partial charge in [-0.05, 0) is 53.5 Å². The number of hydrogen-bond donors (Lipinski definition) is 2. The van der Waals surface area contributed by atoms with Gasteiger partial charge in [-0.2, -0.15) is 5.10 Å². The Morgan fingerprint density at radius 3 is 2.52 bits per heavy atom. The topological polar surface area (TPSA) is 97.1 Å². The first-order valence-corrected chi connectivity index (χ1v) is 8.54. The van der Waals surface area contributed by atoms with Crippen molar-refractivity contribution < 1.29 is 14.7 Å². The Morgan fingerprint density at radius 1 is 1.36 bits per heavy atom. The lowest BCUT2D eigenvalue weighted by Gasteiger charge is -2.20. The number of pyridine rings is 1. The van der Waals surface area contributed by atoms with Crippen molar-refractivity contribution in [2.45, 2.75) is 65.0 Å². The van der Waals surface area contributed by atoms with Crippen LogP contribution in [-0.4, -0.2) is 37.8 Å². The third kappa shape index (κ3) is 3.23. The second-order valence-corrected chi connectivity index (χ2v) is 7.77. The summed E-state index contributed by atoms with van der Waals surface area (Å²) in [6.07, 6.45) is 2.13. The molecule has 1 fully saturated rings. The highest BCUT2D eigenvalue weighted by molar-refractivity contribution is 6.07. The lowest BCUT2D eigenvalue weighted by atomic mass is 10.1. The molecule has 1 aliphatic rings. The maximum atomic E-state index is 12.7. The van der Waals surface area contributed by atoms with Gasteiger partial charge in [-0.1, -0.05) is 0 Å². The number of aryl methyl sites for hydroxylation is 1. The van der Waals surface area contributed by atoms with Gasteiger partial charge in [0.05, 0.1) is 22.2 Å². The highest BCUT2D eigenvalue weighted by atomic mass is 16.4. The van der Waals surface area contributed by atoms with E-state index in [0.29, 0.717) is 28.2 Å². The third-order valence-corrected chi connectivity index (χ3v) is 4.43. The Balaban J connectivity index is 2.18. The molecule has 0 aromatic carbocycles. The maximum absolute atomic E-state index is 12.7. The number of aromatic nitrogens is 3. The molecule has 2 N–H and O–H groups in total. The van der Waals surface area contributed by atoms with E-state index in [1.54, 1.807) is 6.07 Å². The van der Waals surface area contributed by atoms with Crippen molar-refractivity contribution in [3.8, 4) is 0 Å². The van der Waals surface area contributed by atoms with Gasteiger partial charge in [0.15, 0.2) is 5.65 Å². The monoisotopic (exact) mass is 344 g/mol. The number of nitrogens with one attached hydrogen (secondary N) is 1. The predicted octanol–water partition coefficient (Wildman–Crippen LogP) is 2.58. The minimum atomic E-state index is -1.07. The average Bonchev–Trinajstić information content (AvgIpc) is 3.29. The molecule has 0 saturated heterocycles. The second kappa shape index (κ2) is 5.82. The largest absolute Gasteiger partial charge is 0.480 e. The lowest BCUT2D eigenvalue weighted by Crippen LogP contribution is -2.38. The third-order valence-electron chi connectivity index (χ3n) is 4.43. The molecule has 0 unspecified atom stereocenters. The van der Waals surface area contributed by atoms with Crippen molar-refractivity contribution in [2.24, 2.45) is 0 Å². The minimum Gasteiger partial charge on any atom is -0.480 e. The van der Waals surface area contributed by atoms with Crippen LogP contribution in [0.1, 0.15) is 68.2 Å². The van der Waals surface area contributed by atoms with Gasteiger partial charge in [0.25, 0.3) is 5.91 Å². The number of carboxylic acids is 1. The van der Waals surface area contributed by atoms with Crippen molar-refractivity contribution in [3.05, 3.63) is 23.0 Å². The van der Waals surface area contributed by atoms with Crippen LogP contribution in [0.3, 0.4) is 0 Å². The standard InChI is InChI=1S/C18H24N4O3/c1-9-14-12(16(23)19-10(2)17(24)25)8-13(11-6-7-11)20-15(14)22(21-9)18(3,4)5/h8,10-11H,6-7H2,1-5H3,(H,19,23)(H,24,25)/t10-/m1/s1. The predicted molar refractivity (Wildman–Crippen MR) is 93.8 cm³/mol. The minimum absolute atomic E-state index is 0.274. The first-order valence-electron chi connectivity index (χ1n) is 8.54. The highest BCUT2D eigenvalue weighted by Gasteiger charge is 2.30. The zero-order valence-electron chi connectivity index (χ0n) is 15.3. The fourth-order valence-corrected chi connectivity index (χ4v) is 2.88. The number of carbonyl (C=O) groups excluding carboxylic acids is 1. The normalized spacial score (nSPS) is 16.0. The fraction of sp³-hybridized carbons (Fsp3) is 0.556. The molecule has 7 heteroatoms. The van der Waals surface area contributed by atoms with Gasteiger partial charge in [-0.15, -0.1) is 0 Å². The Hall–Kier alpha value is -2.44. The summed E-state index contributed by atoms with van der Waals surface area (Å²) in [5.41, 5.74) is 2.46.